The summed E-state index contributed by atoms with van der Waals surface area (Å²) in [4.78, 5) is 32.2. The Balaban J connectivity index is 1.42. The Hall–Kier alpha value is -3.24. The third-order valence-corrected chi connectivity index (χ3v) is 8.63. The number of hydrogen-bond donors (Lipinski definition) is 2. The van der Waals surface area contributed by atoms with Crippen LogP contribution in [-0.2, 0) is 26.2 Å². The number of aryl methyl sites for hydroxylation is 1. The Kier molecular flexibility index (Phi) is 7.46. The van der Waals surface area contributed by atoms with Crippen molar-refractivity contribution in [2.24, 2.45) is 5.41 Å². The average molecular weight is 512 g/mol. The molecule has 2 aromatic rings. The fourth-order valence-corrected chi connectivity index (χ4v) is 6.27. The standard InChI is InChI=1S/C26H33N5O4S/c1-19-4-6-21(7-5-19)36(34,35)31-15-13-28-25(33)22(31)16-24(32)29-23-10-14-30(18-26(23,2)3)17-20-8-11-27-12-9-20/h4-9,11-13,15,22-23H,10,14,16-18H2,1-3H3,(H,28,33)(H,29,32)/t22-,23-/m1/s1. The van der Waals surface area contributed by atoms with E-state index in [1.165, 1.54) is 30.1 Å². The Bertz CT molecular complexity index is 1230. The van der Waals surface area contributed by atoms with Gasteiger partial charge in [-0.25, -0.2) is 8.42 Å². The van der Waals surface area contributed by atoms with Crippen LogP contribution in [0.2, 0.25) is 0 Å². The van der Waals surface area contributed by atoms with Gasteiger partial charge in [-0.2, -0.15) is 0 Å². The molecule has 2 amide bonds. The number of aromatic nitrogens is 1. The monoisotopic (exact) mass is 511 g/mol. The molecule has 192 valence electrons. The van der Waals surface area contributed by atoms with E-state index in [0.29, 0.717) is 0 Å². The highest BCUT2D eigenvalue weighted by atomic mass is 32.2. The van der Waals surface area contributed by atoms with Crippen LogP contribution in [0.25, 0.3) is 0 Å². The molecule has 9 nitrogen and oxygen atoms in total. The minimum Gasteiger partial charge on any atom is -0.353 e. The predicted octanol–water partition coefficient (Wildman–Crippen LogP) is 2.16. The van der Waals surface area contributed by atoms with Crippen molar-refractivity contribution in [3.63, 3.8) is 0 Å². The molecule has 2 aliphatic heterocycles. The molecule has 0 bridgehead atoms. The SMILES string of the molecule is Cc1ccc(S(=O)(=O)N2C=CNC(=O)[C@H]2CC(=O)N[C@@H]2CCN(Cc3ccncc3)CC2(C)C)cc1. The van der Waals surface area contributed by atoms with Gasteiger partial charge in [0.1, 0.15) is 6.04 Å². The zero-order valence-corrected chi connectivity index (χ0v) is 21.7. The minimum absolute atomic E-state index is 0.0700. The first-order valence-electron chi connectivity index (χ1n) is 12.0. The van der Waals surface area contributed by atoms with Crippen molar-refractivity contribution >= 4 is 21.8 Å². The molecule has 2 atom stereocenters. The number of nitrogens with zero attached hydrogens (tertiary/aromatic N) is 3. The van der Waals surface area contributed by atoms with E-state index >= 15 is 0 Å². The summed E-state index contributed by atoms with van der Waals surface area (Å²) in [7, 11) is -4.00. The van der Waals surface area contributed by atoms with Gasteiger partial charge in [0.15, 0.2) is 0 Å². The molecule has 0 radical (unpaired) electrons. The van der Waals surface area contributed by atoms with Crippen LogP contribution < -0.4 is 10.6 Å². The van der Waals surface area contributed by atoms with Crippen molar-refractivity contribution in [1.29, 1.82) is 0 Å². The summed E-state index contributed by atoms with van der Waals surface area (Å²) >= 11 is 0. The van der Waals surface area contributed by atoms with Crippen LogP contribution >= 0.6 is 0 Å². The molecule has 1 saturated heterocycles. The molecule has 3 heterocycles. The Morgan fingerprint density at radius 2 is 1.86 bits per heavy atom. The average Bonchev–Trinajstić information content (AvgIpc) is 2.83. The Morgan fingerprint density at radius 1 is 1.17 bits per heavy atom. The lowest BCUT2D eigenvalue weighted by Crippen LogP contribution is -2.57. The van der Waals surface area contributed by atoms with Crippen LogP contribution in [0.15, 0.2) is 66.1 Å². The van der Waals surface area contributed by atoms with E-state index in [1.807, 2.05) is 19.1 Å². The van der Waals surface area contributed by atoms with Crippen LogP contribution in [0.5, 0.6) is 0 Å². The second kappa shape index (κ2) is 10.4. The molecule has 36 heavy (non-hydrogen) atoms. The van der Waals surface area contributed by atoms with Gasteiger partial charge >= 0.3 is 0 Å². The maximum Gasteiger partial charge on any atom is 0.264 e. The summed E-state index contributed by atoms with van der Waals surface area (Å²) in [5.74, 6) is -0.884. The lowest BCUT2D eigenvalue weighted by Gasteiger charge is -2.44. The van der Waals surface area contributed by atoms with Crippen LogP contribution in [-0.4, -0.2) is 59.6 Å². The van der Waals surface area contributed by atoms with Gasteiger partial charge in [-0.1, -0.05) is 31.5 Å². The summed E-state index contributed by atoms with van der Waals surface area (Å²) < 4.78 is 27.5. The quantitative estimate of drug-likeness (QED) is 0.589. The number of nitrogens with one attached hydrogen (secondary N) is 2. The largest absolute Gasteiger partial charge is 0.353 e. The van der Waals surface area contributed by atoms with Gasteiger partial charge in [0.25, 0.3) is 10.0 Å². The number of amides is 2. The summed E-state index contributed by atoms with van der Waals surface area (Å²) in [5, 5.41) is 5.61. The van der Waals surface area contributed by atoms with Crippen molar-refractivity contribution in [3.8, 4) is 0 Å². The third kappa shape index (κ3) is 5.76. The molecule has 1 fully saturated rings. The van der Waals surface area contributed by atoms with Crippen molar-refractivity contribution in [3.05, 3.63) is 72.3 Å². The number of likely N-dealkylation sites (tertiary alicyclic amines) is 1. The van der Waals surface area contributed by atoms with Gasteiger partial charge in [-0.3, -0.25) is 23.8 Å². The van der Waals surface area contributed by atoms with Crippen molar-refractivity contribution < 1.29 is 18.0 Å². The second-order valence-corrected chi connectivity index (χ2v) is 12.0. The molecule has 1 aromatic carbocycles. The summed E-state index contributed by atoms with van der Waals surface area (Å²) in [6, 6.07) is 9.15. The van der Waals surface area contributed by atoms with Crippen molar-refractivity contribution in [2.45, 2.75) is 57.1 Å². The number of pyridine rings is 1. The highest BCUT2D eigenvalue weighted by Crippen LogP contribution is 2.30. The molecule has 0 aliphatic carbocycles. The van der Waals surface area contributed by atoms with Crippen molar-refractivity contribution in [1.82, 2.24) is 24.8 Å². The summed E-state index contributed by atoms with van der Waals surface area (Å²) in [6.45, 7) is 8.51. The molecule has 4 rings (SSSR count). The van der Waals surface area contributed by atoms with Crippen LogP contribution in [0.1, 0.15) is 37.8 Å². The molecule has 2 aliphatic rings. The van der Waals surface area contributed by atoms with E-state index in [0.717, 1.165) is 35.9 Å². The zero-order valence-electron chi connectivity index (χ0n) is 20.8. The van der Waals surface area contributed by atoms with Gasteiger partial charge in [0.05, 0.1) is 11.3 Å². The van der Waals surface area contributed by atoms with Gasteiger partial charge in [-0.15, -0.1) is 0 Å². The van der Waals surface area contributed by atoms with Gasteiger partial charge in [0.2, 0.25) is 11.8 Å². The molecule has 2 N–H and O–H groups in total. The highest BCUT2D eigenvalue weighted by molar-refractivity contribution is 7.89. The molecule has 1 aromatic heterocycles. The fraction of sp³-hybridized carbons (Fsp3) is 0.423. The lowest BCUT2D eigenvalue weighted by molar-refractivity contribution is -0.130. The summed E-state index contributed by atoms with van der Waals surface area (Å²) in [6.07, 6.45) is 6.64. The number of hydrogen-bond acceptors (Lipinski definition) is 6. The van der Waals surface area contributed by atoms with E-state index in [2.05, 4.69) is 34.4 Å². The molecule has 0 saturated carbocycles. The summed E-state index contributed by atoms with van der Waals surface area (Å²) in [5.41, 5.74) is 1.91. The molecule has 0 unspecified atom stereocenters. The van der Waals surface area contributed by atoms with E-state index in [4.69, 9.17) is 0 Å². The molecular weight excluding hydrogens is 478 g/mol. The molecule has 10 heteroatoms. The van der Waals surface area contributed by atoms with Crippen LogP contribution in [0.4, 0.5) is 0 Å². The number of carbonyl (C=O) groups excluding carboxylic acids is 2. The minimum atomic E-state index is -4.00. The number of carbonyl (C=O) groups is 2. The maximum atomic E-state index is 13.3. The first-order chi connectivity index (χ1) is 17.1. The second-order valence-electron chi connectivity index (χ2n) is 10.2. The number of rotatable bonds is 7. The smallest absolute Gasteiger partial charge is 0.264 e. The van der Waals surface area contributed by atoms with E-state index in [-0.39, 0.29) is 28.7 Å². The topological polar surface area (TPSA) is 112 Å². The normalized spacial score (nSPS) is 22.2. The predicted molar refractivity (Wildman–Crippen MR) is 136 cm³/mol. The third-order valence-electron chi connectivity index (χ3n) is 6.83. The Morgan fingerprint density at radius 3 is 2.53 bits per heavy atom. The molecule has 0 spiro atoms. The Labute approximate surface area is 212 Å². The van der Waals surface area contributed by atoms with Crippen molar-refractivity contribution in [2.75, 3.05) is 13.1 Å². The van der Waals surface area contributed by atoms with Gasteiger partial charge in [0, 0.05) is 50.5 Å². The highest BCUT2D eigenvalue weighted by Gasteiger charge is 2.40. The zero-order chi connectivity index (χ0) is 25.9. The number of benzene rings is 1. The first kappa shape index (κ1) is 25.8. The lowest BCUT2D eigenvalue weighted by atomic mass is 9.79. The molecular formula is C26H33N5O4S. The van der Waals surface area contributed by atoms with Gasteiger partial charge < -0.3 is 10.6 Å². The first-order valence-corrected chi connectivity index (χ1v) is 13.5. The number of piperidine rings is 1. The van der Waals surface area contributed by atoms with Crippen LogP contribution in [0.3, 0.4) is 0 Å². The van der Waals surface area contributed by atoms with E-state index in [1.54, 1.807) is 24.5 Å². The van der Waals surface area contributed by atoms with Crippen LogP contribution in [0, 0.1) is 12.3 Å². The maximum absolute atomic E-state index is 13.3. The fourth-order valence-electron chi connectivity index (χ4n) is 4.82. The van der Waals surface area contributed by atoms with E-state index in [9.17, 15) is 18.0 Å². The number of sulfonamides is 1. The van der Waals surface area contributed by atoms with Gasteiger partial charge in [-0.05, 0) is 48.6 Å². The van der Waals surface area contributed by atoms with E-state index < -0.39 is 22.0 Å².